The normalized spacial score (nSPS) is 12.4. The maximum absolute atomic E-state index is 12.6. The average molecular weight is 376 g/mol. The van der Waals surface area contributed by atoms with Crippen LogP contribution in [0.4, 0.5) is 5.69 Å². The summed E-state index contributed by atoms with van der Waals surface area (Å²) in [6.07, 6.45) is 1.62. The van der Waals surface area contributed by atoms with E-state index in [4.69, 9.17) is 0 Å². The monoisotopic (exact) mass is 376 g/mol. The third-order valence-corrected chi connectivity index (χ3v) is 5.73. The summed E-state index contributed by atoms with van der Waals surface area (Å²) < 4.78 is 13.8. The Bertz CT molecular complexity index is 1180. The number of carbonyl (C=O) groups is 1. The number of aryl methyl sites for hydroxylation is 1. The van der Waals surface area contributed by atoms with Crippen LogP contribution in [0.2, 0.25) is 0 Å². The summed E-state index contributed by atoms with van der Waals surface area (Å²) in [6, 6.07) is 21.2. The van der Waals surface area contributed by atoms with Gasteiger partial charge in [-0.05, 0) is 55.5 Å². The fraction of sp³-hybridized carbons (Fsp3) is 0.136. The number of amides is 1. The number of rotatable bonds is 4. The van der Waals surface area contributed by atoms with Gasteiger partial charge in [0.2, 0.25) is 0 Å². The third-order valence-electron chi connectivity index (χ3n) is 4.79. The van der Waals surface area contributed by atoms with Gasteiger partial charge in [0.15, 0.2) is 0 Å². The number of carbonyl (C=O) groups excluding carboxylic acids is 1. The average Bonchev–Trinajstić information content (AvgIpc) is 3.01. The molecule has 3 aromatic carbocycles. The zero-order valence-electron chi connectivity index (χ0n) is 15.2. The lowest BCUT2D eigenvalue weighted by atomic mass is 10.1. The third kappa shape index (κ3) is 3.15. The highest BCUT2D eigenvalue weighted by Gasteiger charge is 2.12. The first-order valence-corrected chi connectivity index (χ1v) is 10.4. The lowest BCUT2D eigenvalue weighted by Gasteiger charge is -2.07. The first-order valence-electron chi connectivity index (χ1n) is 8.84. The van der Waals surface area contributed by atoms with Gasteiger partial charge in [0.25, 0.3) is 5.91 Å². The fourth-order valence-electron chi connectivity index (χ4n) is 3.47. The molecule has 0 bridgehead atoms. The zero-order valence-corrected chi connectivity index (χ0v) is 16.0. The molecule has 0 aliphatic heterocycles. The maximum atomic E-state index is 12.6. The second-order valence-corrected chi connectivity index (χ2v) is 7.81. The largest absolute Gasteiger partial charge is 0.341 e. The molecule has 0 aliphatic rings. The summed E-state index contributed by atoms with van der Waals surface area (Å²) in [5, 5.41) is 5.27. The summed E-state index contributed by atoms with van der Waals surface area (Å²) in [7, 11) is -1.05. The van der Waals surface area contributed by atoms with Crippen molar-refractivity contribution in [2.24, 2.45) is 0 Å². The summed E-state index contributed by atoms with van der Waals surface area (Å²) in [4.78, 5) is 13.3. The van der Waals surface area contributed by atoms with Crippen LogP contribution in [0, 0.1) is 0 Å². The Hall–Kier alpha value is -2.92. The highest BCUT2D eigenvalue weighted by Crippen LogP contribution is 2.31. The van der Waals surface area contributed by atoms with E-state index in [9.17, 15) is 9.00 Å². The van der Waals surface area contributed by atoms with Gasteiger partial charge in [-0.3, -0.25) is 9.00 Å². The molecule has 5 heteroatoms. The number of aromatic nitrogens is 1. The maximum Gasteiger partial charge on any atom is 0.255 e. The number of nitrogens with zero attached hydrogens (tertiary/aromatic N) is 1. The van der Waals surface area contributed by atoms with Crippen LogP contribution in [-0.4, -0.2) is 20.9 Å². The lowest BCUT2D eigenvalue weighted by molar-refractivity contribution is 0.102. The highest BCUT2D eigenvalue weighted by molar-refractivity contribution is 7.84. The van der Waals surface area contributed by atoms with Crippen LogP contribution in [0.1, 0.15) is 17.3 Å². The molecule has 1 heterocycles. The predicted molar refractivity (Wildman–Crippen MR) is 112 cm³/mol. The van der Waals surface area contributed by atoms with Crippen LogP contribution < -0.4 is 5.32 Å². The van der Waals surface area contributed by atoms with Crippen LogP contribution in [0.15, 0.2) is 71.6 Å². The molecule has 1 unspecified atom stereocenters. The van der Waals surface area contributed by atoms with Gasteiger partial charge in [-0.25, -0.2) is 0 Å². The van der Waals surface area contributed by atoms with Crippen LogP contribution in [0.3, 0.4) is 0 Å². The Balaban J connectivity index is 1.69. The highest BCUT2D eigenvalue weighted by atomic mass is 32.2. The molecule has 4 nitrogen and oxygen atoms in total. The second kappa shape index (κ2) is 7.00. The van der Waals surface area contributed by atoms with Crippen LogP contribution in [-0.2, 0) is 17.3 Å². The van der Waals surface area contributed by atoms with Gasteiger partial charge in [-0.2, -0.15) is 0 Å². The van der Waals surface area contributed by atoms with Gasteiger partial charge >= 0.3 is 0 Å². The van der Waals surface area contributed by atoms with Crippen molar-refractivity contribution < 1.29 is 9.00 Å². The van der Waals surface area contributed by atoms with E-state index in [1.165, 1.54) is 10.9 Å². The smallest absolute Gasteiger partial charge is 0.255 e. The fourth-order valence-corrected chi connectivity index (χ4v) is 3.99. The predicted octanol–water partition coefficient (Wildman–Crippen LogP) is 4.80. The molecular weight excluding hydrogens is 356 g/mol. The minimum Gasteiger partial charge on any atom is -0.341 e. The molecule has 27 heavy (non-hydrogen) atoms. The van der Waals surface area contributed by atoms with E-state index in [1.54, 1.807) is 30.5 Å². The van der Waals surface area contributed by atoms with Crippen molar-refractivity contribution in [2.75, 3.05) is 11.6 Å². The molecule has 0 saturated heterocycles. The Morgan fingerprint density at radius 3 is 2.37 bits per heavy atom. The summed E-state index contributed by atoms with van der Waals surface area (Å²) in [5.74, 6) is -0.179. The van der Waals surface area contributed by atoms with Gasteiger partial charge < -0.3 is 9.88 Å². The molecule has 4 rings (SSSR count). The molecule has 1 amide bonds. The van der Waals surface area contributed by atoms with Gasteiger partial charge in [0, 0.05) is 61.6 Å². The van der Waals surface area contributed by atoms with Crippen molar-refractivity contribution in [3.8, 4) is 0 Å². The van der Waals surface area contributed by atoms with Crippen molar-refractivity contribution in [3.05, 3.63) is 72.3 Å². The van der Waals surface area contributed by atoms with E-state index in [2.05, 4.69) is 35.0 Å². The molecule has 0 fully saturated rings. The minimum atomic E-state index is -1.05. The lowest BCUT2D eigenvalue weighted by Crippen LogP contribution is -2.11. The van der Waals surface area contributed by atoms with E-state index in [-0.39, 0.29) is 5.91 Å². The quantitative estimate of drug-likeness (QED) is 0.556. The molecule has 0 spiro atoms. The molecule has 1 atom stereocenters. The molecule has 136 valence electrons. The van der Waals surface area contributed by atoms with Crippen LogP contribution >= 0.6 is 0 Å². The van der Waals surface area contributed by atoms with E-state index < -0.39 is 10.8 Å². The molecule has 0 radical (unpaired) electrons. The first kappa shape index (κ1) is 17.5. The Morgan fingerprint density at radius 2 is 1.67 bits per heavy atom. The van der Waals surface area contributed by atoms with E-state index >= 15 is 0 Å². The zero-order chi connectivity index (χ0) is 19.0. The molecule has 4 aromatic rings. The van der Waals surface area contributed by atoms with Crippen molar-refractivity contribution in [3.63, 3.8) is 0 Å². The molecule has 0 aliphatic carbocycles. The number of para-hydroxylation sites is 1. The molecule has 1 aromatic heterocycles. The number of benzene rings is 3. The Kier molecular flexibility index (Phi) is 4.54. The van der Waals surface area contributed by atoms with Gasteiger partial charge in [-0.1, -0.05) is 18.2 Å². The minimum absolute atomic E-state index is 0.179. The molecule has 0 saturated carbocycles. The van der Waals surface area contributed by atoms with E-state index in [1.807, 2.05) is 24.3 Å². The van der Waals surface area contributed by atoms with E-state index in [0.29, 0.717) is 10.5 Å². The summed E-state index contributed by atoms with van der Waals surface area (Å²) >= 11 is 0. The number of hydrogen-bond acceptors (Lipinski definition) is 2. The first-order chi connectivity index (χ1) is 13.1. The van der Waals surface area contributed by atoms with Crippen molar-refractivity contribution in [2.45, 2.75) is 18.4 Å². The van der Waals surface area contributed by atoms with Crippen molar-refractivity contribution in [1.29, 1.82) is 0 Å². The number of nitrogens with one attached hydrogen (secondary N) is 1. The topological polar surface area (TPSA) is 51.1 Å². The molecule has 1 N–H and O–H groups in total. The van der Waals surface area contributed by atoms with Gasteiger partial charge in [-0.15, -0.1) is 0 Å². The van der Waals surface area contributed by atoms with E-state index in [0.717, 1.165) is 23.1 Å². The molecular formula is C22H20N2O2S. The van der Waals surface area contributed by atoms with Crippen LogP contribution in [0.5, 0.6) is 0 Å². The number of anilines is 1. The van der Waals surface area contributed by atoms with Crippen molar-refractivity contribution in [1.82, 2.24) is 4.57 Å². The SMILES string of the molecule is CCn1c2ccccc2c2cc(NC(=O)c3ccc(S(C)=O)cc3)ccc21. The second-order valence-electron chi connectivity index (χ2n) is 6.43. The Morgan fingerprint density at radius 1 is 0.963 bits per heavy atom. The van der Waals surface area contributed by atoms with Crippen LogP contribution in [0.25, 0.3) is 21.8 Å². The standard InChI is InChI=1S/C22H20N2O2S/c1-3-24-20-7-5-4-6-18(20)19-14-16(10-13-21(19)24)23-22(25)15-8-11-17(12-9-15)27(2)26/h4-14H,3H2,1-2H3,(H,23,25). The van der Waals surface area contributed by atoms with Gasteiger partial charge in [0.1, 0.15) is 0 Å². The van der Waals surface area contributed by atoms with Gasteiger partial charge in [0.05, 0.1) is 0 Å². The summed E-state index contributed by atoms with van der Waals surface area (Å²) in [5.41, 5.74) is 3.66. The summed E-state index contributed by atoms with van der Waals surface area (Å²) in [6.45, 7) is 3.02. The van der Waals surface area contributed by atoms with Crippen molar-refractivity contribution >= 4 is 44.2 Å². The Labute approximate surface area is 160 Å². The number of hydrogen-bond donors (Lipinski definition) is 1. The number of fused-ring (bicyclic) bond motifs is 3.